The molecule has 0 unspecified atom stereocenters. The maximum Gasteiger partial charge on any atom is 0.325 e. The van der Waals surface area contributed by atoms with E-state index in [9.17, 15) is 14.4 Å². The summed E-state index contributed by atoms with van der Waals surface area (Å²) in [4.78, 5) is 35.1. The highest BCUT2D eigenvalue weighted by atomic mass is 16.5. The molecule has 1 heterocycles. The van der Waals surface area contributed by atoms with Crippen LogP contribution in [0.4, 0.5) is 10.5 Å². The molecule has 2 amide bonds. The number of nitrogens with one attached hydrogen (secondary N) is 1. The third-order valence-electron chi connectivity index (χ3n) is 2.51. The highest BCUT2D eigenvalue weighted by Crippen LogP contribution is 2.07. The molecule has 2 N–H and O–H groups in total. The summed E-state index contributed by atoms with van der Waals surface area (Å²) >= 11 is 0. The van der Waals surface area contributed by atoms with Gasteiger partial charge in [-0.15, -0.1) is 0 Å². The van der Waals surface area contributed by atoms with E-state index in [-0.39, 0.29) is 13.1 Å². The van der Waals surface area contributed by atoms with Crippen molar-refractivity contribution in [2.75, 3.05) is 25.5 Å². The van der Waals surface area contributed by atoms with Gasteiger partial charge in [0.15, 0.2) is 0 Å². The van der Waals surface area contributed by atoms with Crippen molar-refractivity contribution in [1.82, 2.24) is 14.7 Å². The number of hydrogen-bond donors (Lipinski definition) is 2. The standard InChI is InChI=1S/C12H18N4O5/c1-3-4-15(8-11(19)21-2)12(20)14-9-5-13-16(6-9)7-10(17)18/h5-6H,3-4,7-8H2,1-2H3,(H,14,20)(H,17,18). The number of rotatable bonds is 7. The monoisotopic (exact) mass is 298 g/mol. The van der Waals surface area contributed by atoms with Gasteiger partial charge in [-0.05, 0) is 6.42 Å². The lowest BCUT2D eigenvalue weighted by molar-refractivity contribution is -0.141. The van der Waals surface area contributed by atoms with E-state index in [2.05, 4.69) is 15.2 Å². The third-order valence-corrected chi connectivity index (χ3v) is 2.51. The normalized spacial score (nSPS) is 10.0. The molecule has 0 aliphatic carbocycles. The predicted octanol–water partition coefficient (Wildman–Crippen LogP) is 0.385. The van der Waals surface area contributed by atoms with Crippen molar-refractivity contribution in [1.29, 1.82) is 0 Å². The average Bonchev–Trinajstić information content (AvgIpc) is 2.84. The largest absolute Gasteiger partial charge is 0.480 e. The third kappa shape index (κ3) is 5.51. The van der Waals surface area contributed by atoms with Gasteiger partial charge in [0.25, 0.3) is 0 Å². The number of urea groups is 1. The Kier molecular flexibility index (Phi) is 6.18. The summed E-state index contributed by atoms with van der Waals surface area (Å²) < 4.78 is 5.72. The van der Waals surface area contributed by atoms with Crippen molar-refractivity contribution in [3.63, 3.8) is 0 Å². The van der Waals surface area contributed by atoms with Gasteiger partial charge >= 0.3 is 18.0 Å². The molecule has 0 fully saturated rings. The summed E-state index contributed by atoms with van der Waals surface area (Å²) in [7, 11) is 1.25. The fourth-order valence-corrected chi connectivity index (χ4v) is 1.60. The quantitative estimate of drug-likeness (QED) is 0.704. The van der Waals surface area contributed by atoms with Crippen LogP contribution in [0.5, 0.6) is 0 Å². The predicted molar refractivity (Wildman–Crippen MR) is 72.8 cm³/mol. The first kappa shape index (κ1) is 16.5. The molecule has 9 heteroatoms. The Labute approximate surface area is 121 Å². The summed E-state index contributed by atoms with van der Waals surface area (Å²) in [5.41, 5.74) is 0.354. The number of ether oxygens (including phenoxy) is 1. The number of carboxylic acid groups (broad SMARTS) is 1. The van der Waals surface area contributed by atoms with E-state index < -0.39 is 18.0 Å². The van der Waals surface area contributed by atoms with Crippen molar-refractivity contribution in [2.45, 2.75) is 19.9 Å². The number of carboxylic acids is 1. The van der Waals surface area contributed by atoms with Crippen LogP contribution in [0.1, 0.15) is 13.3 Å². The molecule has 1 aromatic heterocycles. The number of aromatic nitrogens is 2. The molecular weight excluding hydrogens is 280 g/mol. The van der Waals surface area contributed by atoms with Crippen LogP contribution in [0.2, 0.25) is 0 Å². The number of methoxy groups -OCH3 is 1. The molecule has 0 atom stereocenters. The maximum absolute atomic E-state index is 12.0. The number of nitrogens with zero attached hydrogens (tertiary/aromatic N) is 3. The summed E-state index contributed by atoms with van der Waals surface area (Å²) in [6.45, 7) is 1.82. The van der Waals surface area contributed by atoms with E-state index in [0.717, 1.165) is 0 Å². The van der Waals surface area contributed by atoms with E-state index in [4.69, 9.17) is 5.11 Å². The van der Waals surface area contributed by atoms with Gasteiger partial charge < -0.3 is 20.1 Å². The van der Waals surface area contributed by atoms with Crippen LogP contribution in [-0.2, 0) is 20.9 Å². The Morgan fingerprint density at radius 3 is 2.76 bits per heavy atom. The second-order valence-corrected chi connectivity index (χ2v) is 4.25. The lowest BCUT2D eigenvalue weighted by atomic mass is 10.4. The van der Waals surface area contributed by atoms with Crippen LogP contribution in [0.15, 0.2) is 12.4 Å². The Morgan fingerprint density at radius 1 is 1.48 bits per heavy atom. The van der Waals surface area contributed by atoms with E-state index >= 15 is 0 Å². The van der Waals surface area contributed by atoms with Gasteiger partial charge in [0.2, 0.25) is 0 Å². The van der Waals surface area contributed by atoms with Gasteiger partial charge in [-0.1, -0.05) is 6.92 Å². The minimum Gasteiger partial charge on any atom is -0.480 e. The molecule has 116 valence electrons. The van der Waals surface area contributed by atoms with E-state index in [0.29, 0.717) is 18.7 Å². The number of hydrogen-bond acceptors (Lipinski definition) is 5. The van der Waals surface area contributed by atoms with Crippen molar-refractivity contribution >= 4 is 23.7 Å². The molecule has 1 rings (SSSR count). The SMILES string of the molecule is CCCN(CC(=O)OC)C(=O)Nc1cnn(CC(=O)O)c1. The number of aliphatic carboxylic acids is 1. The Balaban J connectivity index is 2.65. The van der Waals surface area contributed by atoms with E-state index in [1.165, 1.54) is 29.1 Å². The second kappa shape index (κ2) is 7.88. The van der Waals surface area contributed by atoms with Crippen LogP contribution in [0.25, 0.3) is 0 Å². The van der Waals surface area contributed by atoms with Crippen molar-refractivity contribution in [2.24, 2.45) is 0 Å². The molecular formula is C12H18N4O5. The number of amides is 2. The Morgan fingerprint density at radius 2 is 2.19 bits per heavy atom. The zero-order chi connectivity index (χ0) is 15.8. The summed E-state index contributed by atoms with van der Waals surface area (Å²) in [5, 5.41) is 15.0. The van der Waals surface area contributed by atoms with Gasteiger partial charge in [0.05, 0.1) is 19.0 Å². The molecule has 9 nitrogen and oxygen atoms in total. The lowest BCUT2D eigenvalue weighted by Gasteiger charge is -2.20. The molecule has 0 saturated heterocycles. The molecule has 1 aromatic rings. The highest BCUT2D eigenvalue weighted by molar-refractivity contribution is 5.91. The fourth-order valence-electron chi connectivity index (χ4n) is 1.60. The first-order valence-electron chi connectivity index (χ1n) is 6.33. The van der Waals surface area contributed by atoms with Crippen LogP contribution in [0.3, 0.4) is 0 Å². The Hall–Kier alpha value is -2.58. The van der Waals surface area contributed by atoms with Gasteiger partial charge in [-0.2, -0.15) is 5.10 Å². The fraction of sp³-hybridized carbons (Fsp3) is 0.500. The second-order valence-electron chi connectivity index (χ2n) is 4.25. The summed E-state index contributed by atoms with van der Waals surface area (Å²) in [5.74, 6) is -1.55. The molecule has 0 bridgehead atoms. The van der Waals surface area contributed by atoms with Crippen LogP contribution in [-0.4, -0.2) is 58.0 Å². The van der Waals surface area contributed by atoms with Gasteiger partial charge in [-0.3, -0.25) is 14.3 Å². The first-order valence-corrected chi connectivity index (χ1v) is 6.33. The number of esters is 1. The van der Waals surface area contributed by atoms with Gasteiger partial charge in [-0.25, -0.2) is 4.79 Å². The minimum atomic E-state index is -1.03. The molecule has 0 saturated carbocycles. The number of anilines is 1. The Bertz CT molecular complexity index is 514. The number of carbonyl (C=O) groups is 3. The maximum atomic E-state index is 12.0. The first-order chi connectivity index (χ1) is 9.96. The molecule has 0 radical (unpaired) electrons. The summed E-state index contributed by atoms with van der Waals surface area (Å²) in [6, 6.07) is -0.475. The zero-order valence-electron chi connectivity index (χ0n) is 11.9. The van der Waals surface area contributed by atoms with Gasteiger partial charge in [0.1, 0.15) is 13.1 Å². The van der Waals surface area contributed by atoms with Crippen molar-refractivity contribution in [3.8, 4) is 0 Å². The molecule has 21 heavy (non-hydrogen) atoms. The topological polar surface area (TPSA) is 114 Å². The zero-order valence-corrected chi connectivity index (χ0v) is 11.9. The minimum absolute atomic E-state index is 0.153. The molecule has 0 aliphatic heterocycles. The molecule has 0 spiro atoms. The van der Waals surface area contributed by atoms with Crippen molar-refractivity contribution in [3.05, 3.63) is 12.4 Å². The number of carbonyl (C=O) groups excluding carboxylic acids is 2. The lowest BCUT2D eigenvalue weighted by Crippen LogP contribution is -2.39. The molecule has 0 aromatic carbocycles. The van der Waals surface area contributed by atoms with Crippen LogP contribution >= 0.6 is 0 Å². The van der Waals surface area contributed by atoms with Gasteiger partial charge in [0, 0.05) is 12.7 Å². The van der Waals surface area contributed by atoms with E-state index in [1.54, 1.807) is 0 Å². The van der Waals surface area contributed by atoms with Crippen molar-refractivity contribution < 1.29 is 24.2 Å². The van der Waals surface area contributed by atoms with Crippen LogP contribution in [0, 0.1) is 0 Å². The molecule has 0 aliphatic rings. The summed E-state index contributed by atoms with van der Waals surface area (Å²) in [6.07, 6.45) is 3.42. The van der Waals surface area contributed by atoms with Crippen LogP contribution < -0.4 is 5.32 Å². The smallest absolute Gasteiger partial charge is 0.325 e. The van der Waals surface area contributed by atoms with E-state index in [1.807, 2.05) is 6.92 Å². The average molecular weight is 298 g/mol. The highest BCUT2D eigenvalue weighted by Gasteiger charge is 2.17.